The lowest BCUT2D eigenvalue weighted by atomic mass is 10.1. The summed E-state index contributed by atoms with van der Waals surface area (Å²) < 4.78 is 17.6. The van der Waals surface area contributed by atoms with E-state index in [1.165, 1.54) is 0 Å². The van der Waals surface area contributed by atoms with Gasteiger partial charge in [0.15, 0.2) is 12.4 Å². The summed E-state index contributed by atoms with van der Waals surface area (Å²) in [6.07, 6.45) is 1.70. The van der Waals surface area contributed by atoms with Crippen molar-refractivity contribution in [1.82, 2.24) is 0 Å². The van der Waals surface area contributed by atoms with Crippen molar-refractivity contribution in [1.29, 1.82) is 0 Å². The second kappa shape index (κ2) is 7.80. The van der Waals surface area contributed by atoms with E-state index in [0.717, 1.165) is 10.0 Å². The number of hydrogen-bond donors (Lipinski definition) is 0. The first-order chi connectivity index (χ1) is 13.1. The summed E-state index contributed by atoms with van der Waals surface area (Å²) in [5.74, 6) is 0.544. The minimum atomic E-state index is -0.574. The van der Waals surface area contributed by atoms with Gasteiger partial charge in [0.2, 0.25) is 5.78 Å². The summed E-state index contributed by atoms with van der Waals surface area (Å²) in [4.78, 5) is 24.5. The largest absolute Gasteiger partial charge is 0.481 e. The zero-order chi connectivity index (χ0) is 20.5. The Morgan fingerprint density at radius 3 is 2.46 bits per heavy atom. The number of benzene rings is 2. The molecule has 0 spiro atoms. The molecule has 0 N–H and O–H groups in total. The topological polar surface area (TPSA) is 61.8 Å². The maximum absolute atomic E-state index is 12.6. The summed E-state index contributed by atoms with van der Waals surface area (Å²) in [6.45, 7) is 6.96. The Morgan fingerprint density at radius 2 is 1.82 bits per heavy atom. The molecule has 1 aliphatic heterocycles. The molecule has 2 aromatic carbocycles. The average molecular weight is 445 g/mol. The van der Waals surface area contributed by atoms with Crippen LogP contribution in [0.4, 0.5) is 0 Å². The maximum Gasteiger partial charge on any atom is 0.344 e. The first-order valence-corrected chi connectivity index (χ1v) is 9.61. The lowest BCUT2D eigenvalue weighted by Crippen LogP contribution is -2.27. The van der Waals surface area contributed by atoms with Gasteiger partial charge in [0, 0.05) is 10.0 Å². The number of ether oxygens (including phenoxy) is 3. The summed E-state index contributed by atoms with van der Waals surface area (Å²) in [5.41, 5.74) is 1.42. The Morgan fingerprint density at radius 1 is 1.14 bits per heavy atom. The van der Waals surface area contributed by atoms with Crippen LogP contribution < -0.4 is 9.47 Å². The van der Waals surface area contributed by atoms with E-state index in [-0.39, 0.29) is 18.1 Å². The van der Waals surface area contributed by atoms with Gasteiger partial charge in [-0.25, -0.2) is 4.79 Å². The second-order valence-electron chi connectivity index (χ2n) is 7.43. The molecule has 0 amide bonds. The van der Waals surface area contributed by atoms with E-state index in [9.17, 15) is 9.59 Å². The first kappa shape index (κ1) is 20.1. The van der Waals surface area contributed by atoms with Gasteiger partial charge in [0.05, 0.1) is 5.56 Å². The van der Waals surface area contributed by atoms with Crippen molar-refractivity contribution in [2.45, 2.75) is 33.3 Å². The second-order valence-corrected chi connectivity index (χ2v) is 8.35. The predicted molar refractivity (Wildman–Crippen MR) is 110 cm³/mol. The number of fused-ring (bicyclic) bond motifs is 1. The minimum absolute atomic E-state index is 0.181. The smallest absolute Gasteiger partial charge is 0.344 e. The van der Waals surface area contributed by atoms with Crippen LogP contribution in [0.3, 0.4) is 0 Å². The quantitative estimate of drug-likeness (QED) is 0.485. The van der Waals surface area contributed by atoms with E-state index < -0.39 is 11.6 Å². The third-order valence-corrected chi connectivity index (χ3v) is 4.50. The van der Waals surface area contributed by atoms with Crippen LogP contribution in [0.15, 0.2) is 46.6 Å². The van der Waals surface area contributed by atoms with E-state index >= 15 is 0 Å². The van der Waals surface area contributed by atoms with Gasteiger partial charge in [-0.3, -0.25) is 4.79 Å². The highest BCUT2D eigenvalue weighted by molar-refractivity contribution is 9.10. The lowest BCUT2D eigenvalue weighted by molar-refractivity contribution is -0.157. The maximum atomic E-state index is 12.6. The number of carbonyl (C=O) groups excluding carboxylic acids is 2. The van der Waals surface area contributed by atoms with E-state index in [2.05, 4.69) is 15.9 Å². The molecule has 2 aromatic rings. The number of halogens is 1. The Hall–Kier alpha value is -2.60. The molecule has 6 heteroatoms. The molecule has 0 atom stereocenters. The standard InChI is InChI=1S/C22H21BrO5/c1-13-17(26-12-19(24)28-22(2,3)4)10-9-16-20(25)18(27-21(13)16)11-14-5-7-15(23)8-6-14/h5-11H,12H2,1-4H3/b18-11-. The normalized spacial score (nSPS) is 14.6. The zero-order valence-electron chi connectivity index (χ0n) is 16.2. The number of hydrogen-bond acceptors (Lipinski definition) is 5. The monoisotopic (exact) mass is 444 g/mol. The van der Waals surface area contributed by atoms with Crippen LogP contribution >= 0.6 is 15.9 Å². The van der Waals surface area contributed by atoms with E-state index in [0.29, 0.717) is 22.6 Å². The number of allylic oxidation sites excluding steroid dienone is 1. The van der Waals surface area contributed by atoms with Gasteiger partial charge >= 0.3 is 5.97 Å². The van der Waals surface area contributed by atoms with Gasteiger partial charge in [-0.2, -0.15) is 0 Å². The Bertz CT molecular complexity index is 952. The van der Waals surface area contributed by atoms with Crippen molar-refractivity contribution >= 4 is 33.8 Å². The summed E-state index contributed by atoms with van der Waals surface area (Å²) in [5, 5.41) is 0. The van der Waals surface area contributed by atoms with Crippen molar-refractivity contribution in [3.63, 3.8) is 0 Å². The number of Topliss-reactive ketones (excluding diaryl/α,β-unsaturated/α-hetero) is 1. The lowest BCUT2D eigenvalue weighted by Gasteiger charge is -2.19. The van der Waals surface area contributed by atoms with E-state index in [4.69, 9.17) is 14.2 Å². The highest BCUT2D eigenvalue weighted by Crippen LogP contribution is 2.39. The first-order valence-electron chi connectivity index (χ1n) is 8.82. The Kier molecular flexibility index (Phi) is 5.61. The summed E-state index contributed by atoms with van der Waals surface area (Å²) >= 11 is 3.39. The molecule has 3 rings (SSSR count). The van der Waals surface area contributed by atoms with Crippen molar-refractivity contribution in [3.8, 4) is 11.5 Å². The van der Waals surface area contributed by atoms with Gasteiger partial charge in [0.1, 0.15) is 17.1 Å². The van der Waals surface area contributed by atoms with Crippen LogP contribution in [0.5, 0.6) is 11.5 Å². The number of ketones is 1. The van der Waals surface area contributed by atoms with Crippen LogP contribution in [-0.2, 0) is 9.53 Å². The zero-order valence-corrected chi connectivity index (χ0v) is 17.8. The number of esters is 1. The van der Waals surface area contributed by atoms with Gasteiger partial charge in [-0.1, -0.05) is 28.1 Å². The molecule has 146 valence electrons. The fourth-order valence-corrected chi connectivity index (χ4v) is 3.01. The fraction of sp³-hybridized carbons (Fsp3) is 0.273. The minimum Gasteiger partial charge on any atom is -0.481 e. The van der Waals surface area contributed by atoms with Gasteiger partial charge in [-0.05, 0) is 63.6 Å². The molecule has 0 saturated carbocycles. The molecule has 0 unspecified atom stereocenters. The Labute approximate surface area is 172 Å². The third-order valence-electron chi connectivity index (χ3n) is 3.97. The van der Waals surface area contributed by atoms with Gasteiger partial charge in [-0.15, -0.1) is 0 Å². The van der Waals surface area contributed by atoms with Crippen LogP contribution in [-0.4, -0.2) is 24.0 Å². The fourth-order valence-electron chi connectivity index (χ4n) is 2.74. The van der Waals surface area contributed by atoms with Crippen molar-refractivity contribution in [2.24, 2.45) is 0 Å². The van der Waals surface area contributed by atoms with Crippen molar-refractivity contribution in [2.75, 3.05) is 6.61 Å². The van der Waals surface area contributed by atoms with Gasteiger partial charge < -0.3 is 14.2 Å². The molecule has 0 saturated heterocycles. The number of carbonyl (C=O) groups is 2. The molecule has 1 aliphatic rings. The van der Waals surface area contributed by atoms with Crippen molar-refractivity contribution in [3.05, 3.63) is 63.3 Å². The third kappa shape index (κ3) is 4.62. The SMILES string of the molecule is Cc1c(OCC(=O)OC(C)(C)C)ccc2c1O/C(=C\c1ccc(Br)cc1)C2=O. The van der Waals surface area contributed by atoms with Crippen molar-refractivity contribution < 1.29 is 23.8 Å². The van der Waals surface area contributed by atoms with Crippen LogP contribution in [0.2, 0.25) is 0 Å². The highest BCUT2D eigenvalue weighted by Gasteiger charge is 2.30. The highest BCUT2D eigenvalue weighted by atomic mass is 79.9. The molecule has 0 aliphatic carbocycles. The van der Waals surface area contributed by atoms with E-state index in [1.807, 2.05) is 24.3 Å². The van der Waals surface area contributed by atoms with Gasteiger partial charge in [0.25, 0.3) is 0 Å². The van der Waals surface area contributed by atoms with Crippen LogP contribution in [0.25, 0.3) is 6.08 Å². The molecular formula is C22H21BrO5. The number of rotatable bonds is 4. The molecule has 0 bridgehead atoms. The molecule has 0 aromatic heterocycles. The molecule has 0 fully saturated rings. The summed E-state index contributed by atoms with van der Waals surface area (Å²) in [7, 11) is 0. The van der Waals surface area contributed by atoms with Crippen LogP contribution in [0, 0.1) is 6.92 Å². The predicted octanol–water partition coefficient (Wildman–Crippen LogP) is 5.09. The molecule has 0 radical (unpaired) electrons. The molecule has 5 nitrogen and oxygen atoms in total. The van der Waals surface area contributed by atoms with E-state index in [1.54, 1.807) is 45.9 Å². The van der Waals surface area contributed by atoms with Crippen LogP contribution in [0.1, 0.15) is 42.3 Å². The molecule has 28 heavy (non-hydrogen) atoms. The Balaban J connectivity index is 1.77. The molecule has 1 heterocycles. The average Bonchev–Trinajstić information content (AvgIpc) is 2.92. The molecular weight excluding hydrogens is 424 g/mol. The summed E-state index contributed by atoms with van der Waals surface area (Å²) in [6, 6.07) is 10.9.